The van der Waals surface area contributed by atoms with Gasteiger partial charge in [-0.2, -0.15) is 10.1 Å². The van der Waals surface area contributed by atoms with Gasteiger partial charge in [-0.25, -0.2) is 0 Å². The van der Waals surface area contributed by atoms with Gasteiger partial charge < -0.3 is 9.47 Å². The molecule has 2 aliphatic carbocycles. The summed E-state index contributed by atoms with van der Waals surface area (Å²) in [5.74, 6) is 0.592. The summed E-state index contributed by atoms with van der Waals surface area (Å²) in [5.41, 5.74) is 0.678. The van der Waals surface area contributed by atoms with E-state index in [2.05, 4.69) is 49.1 Å². The fourth-order valence-electron chi connectivity index (χ4n) is 4.36. The molecule has 6 nitrogen and oxygen atoms in total. The first kappa shape index (κ1) is 19.6. The minimum Gasteiger partial charge on any atom is -0.490 e. The number of allylic oxidation sites excluding steroid dienone is 2. The highest BCUT2D eigenvalue weighted by Gasteiger charge is 2.59. The van der Waals surface area contributed by atoms with Crippen molar-refractivity contribution in [2.75, 3.05) is 13.2 Å². The van der Waals surface area contributed by atoms with Crippen molar-refractivity contribution in [1.29, 1.82) is 0 Å². The molecule has 1 heterocycles. The lowest BCUT2D eigenvalue weighted by Gasteiger charge is -2.16. The topological polar surface area (TPSA) is 68.2 Å². The van der Waals surface area contributed by atoms with Gasteiger partial charge >= 0.3 is 0 Å². The average Bonchev–Trinajstić information content (AvgIpc) is 3.35. The van der Waals surface area contributed by atoms with Crippen LogP contribution in [0.25, 0.3) is 0 Å². The lowest BCUT2D eigenvalue weighted by molar-refractivity contribution is -0.140. The van der Waals surface area contributed by atoms with Gasteiger partial charge in [0.1, 0.15) is 0 Å². The molecule has 0 aromatic heterocycles. The summed E-state index contributed by atoms with van der Waals surface area (Å²) in [6, 6.07) is 1.78. The maximum atomic E-state index is 12.8. The molecule has 1 aromatic carbocycles. The molecular formula is C20H20Br2N2O4. The molecule has 1 saturated heterocycles. The van der Waals surface area contributed by atoms with E-state index < -0.39 is 0 Å². The van der Waals surface area contributed by atoms with Crippen molar-refractivity contribution >= 4 is 49.9 Å². The highest BCUT2D eigenvalue weighted by molar-refractivity contribution is 9.13. The molecule has 2 fully saturated rings. The molecule has 0 N–H and O–H groups in total. The van der Waals surface area contributed by atoms with Crippen LogP contribution in [0.15, 0.2) is 32.3 Å². The summed E-state index contributed by atoms with van der Waals surface area (Å²) in [5, 5.41) is 5.29. The van der Waals surface area contributed by atoms with Crippen LogP contribution in [0.5, 0.6) is 11.5 Å². The van der Waals surface area contributed by atoms with E-state index in [0.717, 1.165) is 11.4 Å². The van der Waals surface area contributed by atoms with E-state index in [9.17, 15) is 9.59 Å². The number of imide groups is 1. The van der Waals surface area contributed by atoms with Crippen LogP contribution in [-0.2, 0) is 9.59 Å². The molecule has 0 spiro atoms. The van der Waals surface area contributed by atoms with Crippen molar-refractivity contribution < 1.29 is 19.1 Å². The van der Waals surface area contributed by atoms with Crippen LogP contribution in [0.2, 0.25) is 0 Å². The van der Waals surface area contributed by atoms with Gasteiger partial charge in [-0.3, -0.25) is 9.59 Å². The second-order valence-electron chi connectivity index (χ2n) is 7.02. The normalized spacial score (nSPS) is 27.9. The molecule has 3 aliphatic rings. The van der Waals surface area contributed by atoms with E-state index in [0.29, 0.717) is 39.2 Å². The van der Waals surface area contributed by atoms with Crippen LogP contribution in [0.1, 0.15) is 25.8 Å². The fraction of sp³-hybridized carbons (Fsp3) is 0.450. The molecule has 4 atom stereocenters. The first-order chi connectivity index (χ1) is 13.5. The second-order valence-corrected chi connectivity index (χ2v) is 8.61. The first-order valence-electron chi connectivity index (χ1n) is 9.35. The number of rotatable bonds is 6. The van der Waals surface area contributed by atoms with Crippen molar-refractivity contribution in [3.63, 3.8) is 0 Å². The number of amides is 2. The molecule has 4 rings (SSSR count). The highest BCUT2D eigenvalue weighted by atomic mass is 79.9. The maximum absolute atomic E-state index is 12.8. The number of hydrazone groups is 1. The Morgan fingerprint density at radius 2 is 1.68 bits per heavy atom. The van der Waals surface area contributed by atoms with Gasteiger partial charge in [0.15, 0.2) is 11.5 Å². The Morgan fingerprint density at radius 3 is 2.25 bits per heavy atom. The van der Waals surface area contributed by atoms with Gasteiger partial charge in [0.05, 0.1) is 35.7 Å². The van der Waals surface area contributed by atoms with Crippen molar-refractivity contribution in [2.24, 2.45) is 28.8 Å². The lowest BCUT2D eigenvalue weighted by Crippen LogP contribution is -2.28. The summed E-state index contributed by atoms with van der Waals surface area (Å²) in [6.07, 6.45) is 6.55. The van der Waals surface area contributed by atoms with Crippen LogP contribution in [0.3, 0.4) is 0 Å². The Balaban J connectivity index is 1.63. The number of nitrogens with zero attached hydrogens (tertiary/aromatic N) is 2. The average molecular weight is 512 g/mol. The largest absolute Gasteiger partial charge is 0.490 e. The summed E-state index contributed by atoms with van der Waals surface area (Å²) in [6.45, 7) is 4.76. The predicted molar refractivity (Wildman–Crippen MR) is 111 cm³/mol. The number of hydrogen-bond acceptors (Lipinski definition) is 5. The third kappa shape index (κ3) is 3.01. The smallest absolute Gasteiger partial charge is 0.254 e. The van der Waals surface area contributed by atoms with E-state index in [1.54, 1.807) is 6.07 Å². The molecule has 1 aromatic rings. The second kappa shape index (κ2) is 7.63. The Morgan fingerprint density at radius 1 is 1.07 bits per heavy atom. The summed E-state index contributed by atoms with van der Waals surface area (Å²) < 4.78 is 12.8. The van der Waals surface area contributed by atoms with Gasteiger partial charge in [0.25, 0.3) is 11.8 Å². The van der Waals surface area contributed by atoms with Crippen molar-refractivity contribution in [3.05, 3.63) is 32.7 Å². The van der Waals surface area contributed by atoms with Crippen molar-refractivity contribution in [3.8, 4) is 11.5 Å². The third-order valence-corrected chi connectivity index (χ3v) is 7.65. The predicted octanol–water partition coefficient (Wildman–Crippen LogP) is 4.15. The number of carbonyl (C=O) groups excluding carboxylic acids is 2. The number of hydrogen-bond donors (Lipinski definition) is 0. The Labute approximate surface area is 180 Å². The SMILES string of the molecule is CCOc1cc(C=NN2C(=O)[C@@H]3[C@H](C2=O)[C@H]2C=C[C@H]3C2)c(Br)c(Br)c1OCC. The Bertz CT molecular complexity index is 869. The van der Waals surface area contributed by atoms with E-state index >= 15 is 0 Å². The third-order valence-electron chi connectivity index (χ3n) is 5.50. The zero-order valence-corrected chi connectivity index (χ0v) is 18.7. The summed E-state index contributed by atoms with van der Waals surface area (Å²) in [7, 11) is 0. The Hall–Kier alpha value is -1.67. The lowest BCUT2D eigenvalue weighted by atomic mass is 9.85. The molecule has 2 amide bonds. The maximum Gasteiger partial charge on any atom is 0.254 e. The molecule has 2 bridgehead atoms. The fourth-order valence-corrected chi connectivity index (χ4v) is 5.30. The number of fused-ring (bicyclic) bond motifs is 5. The monoisotopic (exact) mass is 510 g/mol. The van der Waals surface area contributed by atoms with E-state index in [1.807, 2.05) is 13.8 Å². The quantitative estimate of drug-likeness (QED) is 0.327. The molecule has 148 valence electrons. The molecule has 0 unspecified atom stereocenters. The highest BCUT2D eigenvalue weighted by Crippen LogP contribution is 2.52. The molecular weight excluding hydrogens is 492 g/mol. The van der Waals surface area contributed by atoms with Crippen LogP contribution in [0.4, 0.5) is 0 Å². The zero-order valence-electron chi connectivity index (χ0n) is 15.5. The van der Waals surface area contributed by atoms with Crippen LogP contribution >= 0.6 is 31.9 Å². The number of carbonyl (C=O) groups is 2. The molecule has 28 heavy (non-hydrogen) atoms. The first-order valence-corrected chi connectivity index (χ1v) is 10.9. The molecule has 0 radical (unpaired) electrons. The molecule has 1 aliphatic heterocycles. The number of benzene rings is 1. The van der Waals surface area contributed by atoms with E-state index in [1.165, 1.54) is 6.21 Å². The number of halogens is 2. The van der Waals surface area contributed by atoms with Gasteiger partial charge in [-0.1, -0.05) is 12.2 Å². The molecule has 1 saturated carbocycles. The van der Waals surface area contributed by atoms with Gasteiger partial charge in [0, 0.05) is 10.0 Å². The summed E-state index contributed by atoms with van der Waals surface area (Å²) >= 11 is 7.06. The standard InChI is InChI=1S/C20H20Br2N2O4/c1-3-27-13-8-12(16(21)17(22)18(13)28-4-2)9-23-24-19(25)14-10-5-6-11(7-10)15(14)20(24)26/h5-6,8-11,14-15H,3-4,7H2,1-2H3/t10-,11-,14-,15+/m0/s1. The van der Waals surface area contributed by atoms with Crippen LogP contribution in [-0.4, -0.2) is 36.3 Å². The zero-order chi connectivity index (χ0) is 20.0. The minimum atomic E-state index is -0.255. The van der Waals surface area contributed by atoms with Crippen molar-refractivity contribution in [2.45, 2.75) is 20.3 Å². The van der Waals surface area contributed by atoms with Crippen LogP contribution < -0.4 is 9.47 Å². The van der Waals surface area contributed by atoms with Crippen LogP contribution in [0, 0.1) is 23.7 Å². The van der Waals surface area contributed by atoms with E-state index in [4.69, 9.17) is 9.47 Å². The minimum absolute atomic E-state index is 0.169. The van der Waals surface area contributed by atoms with Gasteiger partial charge in [-0.15, -0.1) is 0 Å². The molecule has 8 heteroatoms. The summed E-state index contributed by atoms with van der Waals surface area (Å²) in [4.78, 5) is 25.5. The van der Waals surface area contributed by atoms with E-state index in [-0.39, 0.29) is 35.5 Å². The van der Waals surface area contributed by atoms with Gasteiger partial charge in [-0.05, 0) is 70.0 Å². The van der Waals surface area contributed by atoms with Gasteiger partial charge in [0.2, 0.25) is 0 Å². The Kier molecular flexibility index (Phi) is 5.35. The van der Waals surface area contributed by atoms with Crippen molar-refractivity contribution in [1.82, 2.24) is 5.01 Å². The number of ether oxygens (including phenoxy) is 2.